The molecule has 0 radical (unpaired) electrons. The minimum Gasteiger partial charge on any atom is -0.326 e. The first-order chi connectivity index (χ1) is 6.76. The highest BCUT2D eigenvalue weighted by molar-refractivity contribution is 9.10. The Bertz CT molecular complexity index is 462. The van der Waals surface area contributed by atoms with E-state index in [9.17, 15) is 0 Å². The molecule has 0 bridgehead atoms. The van der Waals surface area contributed by atoms with Gasteiger partial charge in [-0.2, -0.15) is 0 Å². The topological polar surface area (TPSA) is 43.3 Å². The molecule has 0 amide bonds. The second-order valence-corrected chi connectivity index (χ2v) is 3.92. The Kier molecular flexibility index (Phi) is 2.56. The minimum absolute atomic E-state index is 0.558. The molecule has 0 aliphatic rings. The van der Waals surface area contributed by atoms with Gasteiger partial charge in [0.15, 0.2) is 0 Å². The standard InChI is InChI=1S/C10H12BrN3/c1-2-8-10(11)14-4-3-7(6-12)5-9(14)13-8/h3-5H,2,6,12H2,1H3. The van der Waals surface area contributed by atoms with Crippen LogP contribution in [0.15, 0.2) is 22.9 Å². The van der Waals surface area contributed by atoms with Gasteiger partial charge in [0.05, 0.1) is 5.69 Å². The number of rotatable bonds is 2. The third kappa shape index (κ3) is 1.44. The van der Waals surface area contributed by atoms with Crippen LogP contribution >= 0.6 is 15.9 Å². The Morgan fingerprint density at radius 2 is 2.36 bits per heavy atom. The predicted molar refractivity (Wildman–Crippen MR) is 60.2 cm³/mol. The summed E-state index contributed by atoms with van der Waals surface area (Å²) < 4.78 is 3.07. The van der Waals surface area contributed by atoms with Crippen LogP contribution in [0.2, 0.25) is 0 Å². The van der Waals surface area contributed by atoms with Gasteiger partial charge in [0.2, 0.25) is 0 Å². The van der Waals surface area contributed by atoms with Crippen LogP contribution in [0.4, 0.5) is 0 Å². The summed E-state index contributed by atoms with van der Waals surface area (Å²) in [6, 6.07) is 4.03. The van der Waals surface area contributed by atoms with Gasteiger partial charge in [-0.1, -0.05) is 6.92 Å². The maximum absolute atomic E-state index is 5.57. The third-order valence-corrected chi connectivity index (χ3v) is 3.11. The molecule has 0 aliphatic heterocycles. The van der Waals surface area contributed by atoms with Gasteiger partial charge in [0.1, 0.15) is 10.3 Å². The lowest BCUT2D eigenvalue weighted by Crippen LogP contribution is -1.97. The number of nitrogens with zero attached hydrogens (tertiary/aromatic N) is 2. The molecule has 3 nitrogen and oxygen atoms in total. The van der Waals surface area contributed by atoms with Crippen LogP contribution in [-0.2, 0) is 13.0 Å². The van der Waals surface area contributed by atoms with Crippen molar-refractivity contribution in [3.05, 3.63) is 34.2 Å². The van der Waals surface area contributed by atoms with Gasteiger partial charge < -0.3 is 5.73 Å². The number of hydrogen-bond donors (Lipinski definition) is 1. The van der Waals surface area contributed by atoms with Gasteiger partial charge >= 0.3 is 0 Å². The van der Waals surface area contributed by atoms with E-state index in [0.717, 1.165) is 27.9 Å². The number of aromatic nitrogens is 2. The molecule has 2 N–H and O–H groups in total. The monoisotopic (exact) mass is 253 g/mol. The van der Waals surface area contributed by atoms with Crippen molar-refractivity contribution in [2.24, 2.45) is 5.73 Å². The fourth-order valence-corrected chi connectivity index (χ4v) is 2.13. The van der Waals surface area contributed by atoms with E-state index >= 15 is 0 Å². The average molecular weight is 254 g/mol. The predicted octanol–water partition coefficient (Wildman–Crippen LogP) is 2.12. The molecular weight excluding hydrogens is 242 g/mol. The highest BCUT2D eigenvalue weighted by Crippen LogP contribution is 2.19. The molecule has 2 rings (SSSR count). The second kappa shape index (κ2) is 3.71. The lowest BCUT2D eigenvalue weighted by molar-refractivity contribution is 1.04. The highest BCUT2D eigenvalue weighted by Gasteiger charge is 2.07. The molecule has 0 unspecified atom stereocenters. The molecule has 2 aromatic heterocycles. The van der Waals surface area contributed by atoms with Gasteiger partial charge in [0, 0.05) is 12.7 Å². The molecule has 0 fully saturated rings. The van der Waals surface area contributed by atoms with Gasteiger partial charge in [-0.05, 0) is 40.0 Å². The van der Waals surface area contributed by atoms with Crippen molar-refractivity contribution in [1.82, 2.24) is 9.38 Å². The largest absolute Gasteiger partial charge is 0.326 e. The molecule has 4 heteroatoms. The van der Waals surface area contributed by atoms with E-state index < -0.39 is 0 Å². The van der Waals surface area contributed by atoms with Crippen LogP contribution in [-0.4, -0.2) is 9.38 Å². The van der Waals surface area contributed by atoms with E-state index in [0.29, 0.717) is 6.54 Å². The van der Waals surface area contributed by atoms with Crippen LogP contribution < -0.4 is 5.73 Å². The van der Waals surface area contributed by atoms with Gasteiger partial charge in [-0.3, -0.25) is 4.40 Å². The normalized spacial score (nSPS) is 11.1. The Balaban J connectivity index is 2.66. The smallest absolute Gasteiger partial charge is 0.138 e. The minimum atomic E-state index is 0.558. The van der Waals surface area contributed by atoms with Crippen molar-refractivity contribution in [3.63, 3.8) is 0 Å². The van der Waals surface area contributed by atoms with E-state index in [1.165, 1.54) is 0 Å². The molecule has 0 saturated heterocycles. The zero-order valence-electron chi connectivity index (χ0n) is 8.00. The van der Waals surface area contributed by atoms with Crippen LogP contribution in [0.5, 0.6) is 0 Å². The van der Waals surface area contributed by atoms with E-state index in [2.05, 4.69) is 27.8 Å². The summed E-state index contributed by atoms with van der Waals surface area (Å²) in [6.07, 6.45) is 2.92. The molecule has 14 heavy (non-hydrogen) atoms. The first-order valence-corrected chi connectivity index (χ1v) is 5.41. The first kappa shape index (κ1) is 9.68. The maximum atomic E-state index is 5.57. The molecule has 0 aromatic carbocycles. The van der Waals surface area contributed by atoms with Crippen molar-refractivity contribution in [2.45, 2.75) is 19.9 Å². The molecule has 0 atom stereocenters. The van der Waals surface area contributed by atoms with Crippen LogP contribution in [0, 0.1) is 0 Å². The van der Waals surface area contributed by atoms with Crippen LogP contribution in [0.1, 0.15) is 18.2 Å². The second-order valence-electron chi connectivity index (χ2n) is 3.17. The zero-order valence-corrected chi connectivity index (χ0v) is 9.58. The van der Waals surface area contributed by atoms with Crippen molar-refractivity contribution < 1.29 is 0 Å². The summed E-state index contributed by atoms with van der Waals surface area (Å²) >= 11 is 3.53. The van der Waals surface area contributed by atoms with Crippen molar-refractivity contribution in [1.29, 1.82) is 0 Å². The van der Waals surface area contributed by atoms with Gasteiger partial charge in [0.25, 0.3) is 0 Å². The summed E-state index contributed by atoms with van der Waals surface area (Å²) in [4.78, 5) is 4.50. The summed E-state index contributed by atoms with van der Waals surface area (Å²) in [5.41, 5.74) is 8.72. The van der Waals surface area contributed by atoms with Crippen molar-refractivity contribution in [2.75, 3.05) is 0 Å². The van der Waals surface area contributed by atoms with Crippen LogP contribution in [0.25, 0.3) is 5.65 Å². The number of imidazole rings is 1. The zero-order chi connectivity index (χ0) is 10.1. The van der Waals surface area contributed by atoms with E-state index in [4.69, 9.17) is 5.73 Å². The number of hydrogen-bond acceptors (Lipinski definition) is 2. The van der Waals surface area contributed by atoms with E-state index in [1.807, 2.05) is 22.7 Å². The molecular formula is C10H12BrN3. The molecule has 74 valence electrons. The average Bonchev–Trinajstić information content (AvgIpc) is 2.55. The van der Waals surface area contributed by atoms with Crippen molar-refractivity contribution in [3.8, 4) is 0 Å². The van der Waals surface area contributed by atoms with E-state index in [-0.39, 0.29) is 0 Å². The Morgan fingerprint density at radius 1 is 1.57 bits per heavy atom. The molecule has 0 spiro atoms. The number of aryl methyl sites for hydroxylation is 1. The maximum Gasteiger partial charge on any atom is 0.138 e. The third-order valence-electron chi connectivity index (χ3n) is 2.27. The fraction of sp³-hybridized carbons (Fsp3) is 0.300. The first-order valence-electron chi connectivity index (χ1n) is 4.61. The van der Waals surface area contributed by atoms with E-state index in [1.54, 1.807) is 0 Å². The molecule has 2 aromatic rings. The summed E-state index contributed by atoms with van der Waals surface area (Å²) in [5.74, 6) is 0. The molecule has 0 aliphatic carbocycles. The molecule has 0 saturated carbocycles. The lowest BCUT2D eigenvalue weighted by atomic mass is 10.3. The Labute approximate surface area is 91.1 Å². The van der Waals surface area contributed by atoms with Gasteiger partial charge in [-0.25, -0.2) is 4.98 Å². The van der Waals surface area contributed by atoms with Crippen molar-refractivity contribution >= 4 is 21.6 Å². The highest BCUT2D eigenvalue weighted by atomic mass is 79.9. The quantitative estimate of drug-likeness (QED) is 0.891. The van der Waals surface area contributed by atoms with Gasteiger partial charge in [-0.15, -0.1) is 0 Å². The number of nitrogens with two attached hydrogens (primary N) is 1. The number of pyridine rings is 1. The summed E-state index contributed by atoms with van der Waals surface area (Å²) in [6.45, 7) is 2.65. The van der Waals surface area contributed by atoms with Crippen LogP contribution in [0.3, 0.4) is 0 Å². The number of halogens is 1. The molecule has 2 heterocycles. The Hall–Kier alpha value is -0.870. The lowest BCUT2D eigenvalue weighted by Gasteiger charge is -1.98. The fourth-order valence-electron chi connectivity index (χ4n) is 1.46. The Morgan fingerprint density at radius 3 is 3.00 bits per heavy atom. The SMILES string of the molecule is CCc1nc2cc(CN)ccn2c1Br. The summed E-state index contributed by atoms with van der Waals surface area (Å²) in [7, 11) is 0. The number of fused-ring (bicyclic) bond motifs is 1. The summed E-state index contributed by atoms with van der Waals surface area (Å²) in [5, 5.41) is 0.